The van der Waals surface area contributed by atoms with E-state index in [0.717, 1.165) is 33.3 Å². The zero-order valence-electron chi connectivity index (χ0n) is 24.8. The highest BCUT2D eigenvalue weighted by Crippen LogP contribution is 2.46. The van der Waals surface area contributed by atoms with E-state index in [0.29, 0.717) is 0 Å². The van der Waals surface area contributed by atoms with Crippen LogP contribution in [-0.2, 0) is 0 Å². The number of benzene rings is 6. The second-order valence-electron chi connectivity index (χ2n) is 12.3. The van der Waals surface area contributed by atoms with E-state index in [1.807, 2.05) is 6.07 Å². The topological polar surface area (TPSA) is 26.0 Å². The van der Waals surface area contributed by atoms with Gasteiger partial charge in [0.2, 0.25) is 17.1 Å². The van der Waals surface area contributed by atoms with Crippen LogP contribution in [0, 0.1) is 0 Å². The normalized spacial score (nSPS) is 15.8. The highest BCUT2D eigenvalue weighted by molar-refractivity contribution is 6.26. The summed E-state index contributed by atoms with van der Waals surface area (Å²) in [5.74, 6) is 0. The van der Waals surface area contributed by atoms with E-state index < -0.39 is 0 Å². The van der Waals surface area contributed by atoms with Crippen molar-refractivity contribution in [2.75, 3.05) is 0 Å². The number of hydrogen-bond acceptors (Lipinski definition) is 1. The predicted molar refractivity (Wildman–Crippen MR) is 191 cm³/mol. The maximum Gasteiger partial charge on any atom is 0.235 e. The minimum atomic E-state index is 0.0544. The summed E-state index contributed by atoms with van der Waals surface area (Å²) in [7, 11) is 0. The third-order valence-electron chi connectivity index (χ3n) is 10.0. The van der Waals surface area contributed by atoms with Crippen molar-refractivity contribution in [2.45, 2.75) is 6.04 Å². The van der Waals surface area contributed by atoms with Crippen molar-refractivity contribution in [3.05, 3.63) is 152 Å². The van der Waals surface area contributed by atoms with E-state index >= 15 is 0 Å². The van der Waals surface area contributed by atoms with Gasteiger partial charge in [-0.1, -0.05) is 85.0 Å². The predicted octanol–water partition coefficient (Wildman–Crippen LogP) is 10.7. The van der Waals surface area contributed by atoms with Crippen LogP contribution in [0.15, 0.2) is 156 Å². The number of nitrogens with zero attached hydrogens (tertiary/aromatic N) is 3. The largest absolute Gasteiger partial charge is 0.455 e. The molecule has 46 heavy (non-hydrogen) atoms. The monoisotopic (exact) mass is 588 g/mol. The van der Waals surface area contributed by atoms with Crippen LogP contribution in [0.1, 0.15) is 6.04 Å². The lowest BCUT2D eigenvalue weighted by atomic mass is 10.0. The lowest BCUT2D eigenvalue weighted by Gasteiger charge is -2.24. The van der Waals surface area contributed by atoms with Gasteiger partial charge in [-0.15, -0.1) is 0 Å². The summed E-state index contributed by atoms with van der Waals surface area (Å²) in [5, 5.41) is 7.25. The summed E-state index contributed by atoms with van der Waals surface area (Å²) < 4.78 is 13.9. The Bertz CT molecular complexity index is 2800. The smallest absolute Gasteiger partial charge is 0.235 e. The molecule has 9 aromatic rings. The van der Waals surface area contributed by atoms with Crippen LogP contribution in [0.4, 0.5) is 11.4 Å². The van der Waals surface area contributed by atoms with Gasteiger partial charge in [-0.2, -0.15) is 4.58 Å². The Morgan fingerprint density at radius 2 is 1.28 bits per heavy atom. The molecule has 0 bridgehead atoms. The first-order valence-corrected chi connectivity index (χ1v) is 15.8. The van der Waals surface area contributed by atoms with Gasteiger partial charge in [0.1, 0.15) is 22.7 Å². The summed E-state index contributed by atoms with van der Waals surface area (Å²) in [6, 6.07) is 46.0. The second kappa shape index (κ2) is 8.74. The van der Waals surface area contributed by atoms with Crippen LogP contribution in [0.2, 0.25) is 0 Å². The number of allylic oxidation sites excluding steroid dienone is 4. The number of hydrogen-bond donors (Lipinski definition) is 0. The summed E-state index contributed by atoms with van der Waals surface area (Å²) in [6.07, 6.45) is 8.90. The third kappa shape index (κ3) is 3.01. The van der Waals surface area contributed by atoms with Crippen LogP contribution in [0.3, 0.4) is 0 Å². The van der Waals surface area contributed by atoms with Gasteiger partial charge >= 0.3 is 0 Å². The van der Waals surface area contributed by atoms with Crippen molar-refractivity contribution >= 4 is 82.6 Å². The summed E-state index contributed by atoms with van der Waals surface area (Å²) >= 11 is 0. The van der Waals surface area contributed by atoms with E-state index in [-0.39, 0.29) is 6.04 Å². The van der Waals surface area contributed by atoms with Gasteiger partial charge < -0.3 is 13.6 Å². The van der Waals surface area contributed by atoms with E-state index in [4.69, 9.17) is 4.42 Å². The molecule has 0 saturated heterocycles. The number of furan rings is 1. The molecule has 3 aromatic heterocycles. The first-order chi connectivity index (χ1) is 22.8. The first kappa shape index (κ1) is 24.2. The lowest BCUT2D eigenvalue weighted by Crippen LogP contribution is -2.30. The van der Waals surface area contributed by atoms with Crippen LogP contribution in [-0.4, -0.2) is 14.8 Å². The van der Waals surface area contributed by atoms with Gasteiger partial charge in [-0.05, 0) is 42.5 Å². The number of fused-ring (bicyclic) bond motifs is 12. The molecule has 4 heteroatoms. The molecule has 4 heterocycles. The van der Waals surface area contributed by atoms with E-state index in [1.54, 1.807) is 0 Å². The third-order valence-corrected chi connectivity index (χ3v) is 10.0. The Morgan fingerprint density at radius 3 is 2.09 bits per heavy atom. The van der Waals surface area contributed by atoms with E-state index in [9.17, 15) is 0 Å². The fourth-order valence-corrected chi connectivity index (χ4v) is 8.14. The quantitative estimate of drug-likeness (QED) is 0.185. The van der Waals surface area contributed by atoms with Crippen molar-refractivity contribution in [2.24, 2.45) is 0 Å². The molecule has 1 atom stereocenters. The lowest BCUT2D eigenvalue weighted by molar-refractivity contribution is 0.672. The van der Waals surface area contributed by atoms with Crippen molar-refractivity contribution in [1.29, 1.82) is 0 Å². The fourth-order valence-electron chi connectivity index (χ4n) is 8.14. The zero-order chi connectivity index (χ0) is 29.9. The summed E-state index contributed by atoms with van der Waals surface area (Å²) in [5.41, 5.74) is 11.4. The minimum Gasteiger partial charge on any atom is -0.455 e. The van der Waals surface area contributed by atoms with Crippen LogP contribution >= 0.6 is 0 Å². The SMILES string of the molecule is C1=CC2=[N+](c3ccc(-n4c5ccccc5c5ccccc54)cc3)c3cccc4c5c6oc7ccccc7c6ccc5n(c34)C2C=C1. The molecule has 1 unspecified atom stereocenters. The highest BCUT2D eigenvalue weighted by atomic mass is 16.3. The van der Waals surface area contributed by atoms with Gasteiger partial charge in [-0.25, -0.2) is 0 Å². The summed E-state index contributed by atoms with van der Waals surface area (Å²) in [4.78, 5) is 0. The standard InChI is InChI=1S/C42H26N3O/c1-4-14-33-28(10-1)29-11-2-5-15-34(29)43(33)26-20-22-27(23-21-26)44-35-16-6-7-17-36(35)45-37-25-24-31-30-12-3-8-19-39(30)46-42(31)40(37)32-13-9-18-38(44)41(32)45/h1-25,36H/q+1. The number of rotatable bonds is 2. The van der Waals surface area contributed by atoms with Gasteiger partial charge in [0.15, 0.2) is 0 Å². The molecular formula is C42H26N3O+. The van der Waals surface area contributed by atoms with Crippen LogP contribution < -0.4 is 4.58 Å². The average molecular weight is 589 g/mol. The molecule has 11 rings (SSSR count). The Morgan fingerprint density at radius 1 is 0.565 bits per heavy atom. The fraction of sp³-hybridized carbons (Fsp3) is 0.0238. The Hall–Kier alpha value is -6.13. The molecule has 0 saturated carbocycles. The highest BCUT2D eigenvalue weighted by Gasteiger charge is 2.38. The number of para-hydroxylation sites is 4. The van der Waals surface area contributed by atoms with Crippen molar-refractivity contribution < 1.29 is 4.42 Å². The molecule has 2 aliphatic rings. The van der Waals surface area contributed by atoms with Gasteiger partial charge in [0.05, 0.1) is 21.9 Å². The second-order valence-corrected chi connectivity index (χ2v) is 12.3. The maximum atomic E-state index is 6.58. The van der Waals surface area contributed by atoms with E-state index in [2.05, 4.69) is 159 Å². The Labute approximate surface area is 263 Å². The van der Waals surface area contributed by atoms with Crippen LogP contribution in [0.25, 0.3) is 71.2 Å². The number of aromatic nitrogens is 2. The minimum absolute atomic E-state index is 0.0544. The molecule has 0 radical (unpaired) electrons. The van der Waals surface area contributed by atoms with Crippen molar-refractivity contribution in [3.63, 3.8) is 0 Å². The zero-order valence-corrected chi connectivity index (χ0v) is 24.8. The molecule has 1 aliphatic carbocycles. The van der Waals surface area contributed by atoms with Gasteiger partial charge in [0, 0.05) is 56.9 Å². The van der Waals surface area contributed by atoms with E-state index in [1.165, 1.54) is 55.0 Å². The molecule has 4 nitrogen and oxygen atoms in total. The Kier molecular flexibility index (Phi) is 4.60. The molecular weight excluding hydrogens is 562 g/mol. The molecule has 6 aromatic carbocycles. The molecule has 0 amide bonds. The maximum absolute atomic E-state index is 6.58. The average Bonchev–Trinajstić information content (AvgIpc) is 3.77. The Balaban J connectivity index is 1.16. The van der Waals surface area contributed by atoms with Gasteiger partial charge in [-0.3, -0.25) is 0 Å². The molecule has 1 aliphatic heterocycles. The molecule has 214 valence electrons. The molecule has 0 spiro atoms. The van der Waals surface area contributed by atoms with Crippen molar-refractivity contribution in [1.82, 2.24) is 13.7 Å². The van der Waals surface area contributed by atoms with Gasteiger partial charge in [0.25, 0.3) is 0 Å². The van der Waals surface area contributed by atoms with Crippen LogP contribution in [0.5, 0.6) is 0 Å². The molecule has 0 fully saturated rings. The van der Waals surface area contributed by atoms with Crippen molar-refractivity contribution in [3.8, 4) is 5.69 Å². The first-order valence-electron chi connectivity index (χ1n) is 15.8. The molecule has 0 N–H and O–H groups in total. The summed E-state index contributed by atoms with van der Waals surface area (Å²) in [6.45, 7) is 0.